The highest BCUT2D eigenvalue weighted by Gasteiger charge is 2.44. The molecule has 0 fully saturated rings. The van der Waals surface area contributed by atoms with Crippen LogP contribution in [-0.2, 0) is 14.9 Å². The number of allylic oxidation sites excluding steroid dienone is 1. The number of hydrogen-bond acceptors (Lipinski definition) is 4. The van der Waals surface area contributed by atoms with E-state index in [4.69, 9.17) is 10.5 Å². The number of nitrogens with two attached hydrogens (primary N) is 1. The number of carbonyl (C=O) groups is 1. The first-order chi connectivity index (χ1) is 13.3. The minimum absolute atomic E-state index is 0.0314. The summed E-state index contributed by atoms with van der Waals surface area (Å²) in [5.74, 6) is -0.299. The Hall–Kier alpha value is -2.43. The van der Waals surface area contributed by atoms with Crippen molar-refractivity contribution in [2.75, 3.05) is 19.7 Å². The second kappa shape index (κ2) is 9.18. The highest BCUT2D eigenvalue weighted by Crippen LogP contribution is 2.43. The minimum Gasteiger partial charge on any atom is -0.463 e. The van der Waals surface area contributed by atoms with Crippen LogP contribution in [0.25, 0.3) is 0 Å². The largest absolute Gasteiger partial charge is 0.463 e. The Labute approximate surface area is 169 Å². The predicted molar refractivity (Wildman–Crippen MR) is 116 cm³/mol. The van der Waals surface area contributed by atoms with E-state index in [1.165, 1.54) is 0 Å². The molecule has 2 rings (SSSR count). The third-order valence-electron chi connectivity index (χ3n) is 4.85. The second-order valence-corrected chi connectivity index (χ2v) is 7.95. The van der Waals surface area contributed by atoms with Gasteiger partial charge in [-0.05, 0) is 31.4 Å². The van der Waals surface area contributed by atoms with Crippen LogP contribution < -0.4 is 5.73 Å². The summed E-state index contributed by atoms with van der Waals surface area (Å²) in [6.07, 6.45) is 10.0. The van der Waals surface area contributed by atoms with Crippen molar-refractivity contribution in [1.82, 2.24) is 4.90 Å². The van der Waals surface area contributed by atoms with Gasteiger partial charge >= 0.3 is 5.97 Å². The molecule has 28 heavy (non-hydrogen) atoms. The lowest BCUT2D eigenvalue weighted by atomic mass is 9.70. The Kier molecular flexibility index (Phi) is 7.17. The molecule has 2 atom stereocenters. The first kappa shape index (κ1) is 21.9. The molecule has 0 saturated heterocycles. The van der Waals surface area contributed by atoms with Gasteiger partial charge in [0, 0.05) is 18.6 Å². The van der Waals surface area contributed by atoms with Crippen LogP contribution in [0.1, 0.15) is 37.4 Å². The molecule has 0 spiro atoms. The van der Waals surface area contributed by atoms with Crippen LogP contribution in [-0.4, -0.2) is 36.1 Å². The molecule has 0 heterocycles. The number of nitrogens with zero attached hydrogens (tertiary/aromatic N) is 1. The molecule has 1 aliphatic rings. The van der Waals surface area contributed by atoms with Crippen LogP contribution in [0, 0.1) is 0 Å². The summed E-state index contributed by atoms with van der Waals surface area (Å²) in [5, 5.41) is 0. The highest BCUT2D eigenvalue weighted by atomic mass is 16.5. The molecule has 0 radical (unpaired) electrons. The van der Waals surface area contributed by atoms with Gasteiger partial charge in [0.05, 0.1) is 6.04 Å². The van der Waals surface area contributed by atoms with Crippen molar-refractivity contribution in [1.29, 1.82) is 0 Å². The third kappa shape index (κ3) is 4.70. The summed E-state index contributed by atoms with van der Waals surface area (Å²) in [6, 6.07) is 8.06. The first-order valence-electron chi connectivity index (χ1n) is 9.60. The molecule has 0 amide bonds. The van der Waals surface area contributed by atoms with Crippen molar-refractivity contribution in [3.63, 3.8) is 0 Å². The molecule has 0 aliphatic heterocycles. The lowest BCUT2D eigenvalue weighted by Crippen LogP contribution is -2.44. The lowest BCUT2D eigenvalue weighted by Gasteiger charge is -2.39. The molecule has 2 N–H and O–H groups in total. The second-order valence-electron chi connectivity index (χ2n) is 7.95. The van der Waals surface area contributed by atoms with Gasteiger partial charge in [-0.1, -0.05) is 54.6 Å². The maximum atomic E-state index is 13.2. The van der Waals surface area contributed by atoms with Crippen LogP contribution in [0.15, 0.2) is 74.4 Å². The zero-order valence-corrected chi connectivity index (χ0v) is 17.1. The summed E-state index contributed by atoms with van der Waals surface area (Å²) in [6.45, 7) is 16.9. The summed E-state index contributed by atoms with van der Waals surface area (Å²) < 4.78 is 5.64. The molecule has 1 aromatic rings. The van der Waals surface area contributed by atoms with Gasteiger partial charge in [-0.15, -0.1) is 19.7 Å². The predicted octanol–water partition coefficient (Wildman–Crippen LogP) is 4.07. The summed E-state index contributed by atoms with van der Waals surface area (Å²) in [7, 11) is 0. The highest BCUT2D eigenvalue weighted by molar-refractivity contribution is 5.87. The van der Waals surface area contributed by atoms with Gasteiger partial charge in [0.25, 0.3) is 0 Å². The van der Waals surface area contributed by atoms with E-state index in [0.29, 0.717) is 6.42 Å². The van der Waals surface area contributed by atoms with E-state index in [2.05, 4.69) is 36.8 Å². The Morgan fingerprint density at radius 1 is 1.21 bits per heavy atom. The van der Waals surface area contributed by atoms with Crippen molar-refractivity contribution in [3.8, 4) is 0 Å². The van der Waals surface area contributed by atoms with E-state index in [9.17, 15) is 4.79 Å². The fourth-order valence-corrected chi connectivity index (χ4v) is 3.61. The van der Waals surface area contributed by atoms with E-state index in [-0.39, 0.29) is 18.6 Å². The maximum absolute atomic E-state index is 13.2. The zero-order valence-electron chi connectivity index (χ0n) is 17.1. The van der Waals surface area contributed by atoms with Crippen molar-refractivity contribution >= 4 is 5.97 Å². The van der Waals surface area contributed by atoms with Gasteiger partial charge in [0.1, 0.15) is 12.0 Å². The van der Waals surface area contributed by atoms with Crippen molar-refractivity contribution in [2.45, 2.75) is 37.3 Å². The molecule has 0 aromatic heterocycles. The molecular formula is C24H32N2O2. The van der Waals surface area contributed by atoms with E-state index >= 15 is 0 Å². The van der Waals surface area contributed by atoms with E-state index in [1.807, 2.05) is 50.3 Å². The van der Waals surface area contributed by atoms with Gasteiger partial charge < -0.3 is 10.5 Å². The molecule has 4 nitrogen and oxygen atoms in total. The van der Waals surface area contributed by atoms with Gasteiger partial charge in [-0.25, -0.2) is 0 Å². The van der Waals surface area contributed by atoms with Crippen LogP contribution in [0.2, 0.25) is 0 Å². The van der Waals surface area contributed by atoms with E-state index in [1.54, 1.807) is 6.08 Å². The summed E-state index contributed by atoms with van der Waals surface area (Å²) in [5.41, 5.74) is 6.56. The molecule has 150 valence electrons. The molecule has 4 heteroatoms. The Balaban J connectivity index is 2.50. The maximum Gasteiger partial charge on any atom is 0.320 e. The van der Waals surface area contributed by atoms with Gasteiger partial charge in [-0.2, -0.15) is 0 Å². The van der Waals surface area contributed by atoms with E-state index < -0.39 is 11.0 Å². The number of carbonyl (C=O) groups excluding carboxylic acids is 1. The Morgan fingerprint density at radius 2 is 1.86 bits per heavy atom. The van der Waals surface area contributed by atoms with Crippen LogP contribution >= 0.6 is 0 Å². The summed E-state index contributed by atoms with van der Waals surface area (Å²) >= 11 is 0. The van der Waals surface area contributed by atoms with Crippen molar-refractivity contribution in [2.24, 2.45) is 5.73 Å². The fraction of sp³-hybridized carbons (Fsp3) is 0.375. The number of benzene rings is 1. The molecule has 0 unspecified atom stereocenters. The normalized spacial score (nSPS) is 21.1. The first-order valence-corrected chi connectivity index (χ1v) is 9.60. The monoisotopic (exact) mass is 380 g/mol. The van der Waals surface area contributed by atoms with Gasteiger partial charge in [0.2, 0.25) is 0 Å². The average Bonchev–Trinajstić information content (AvgIpc) is 2.66. The Bertz CT molecular complexity index is 750. The number of fused-ring (bicyclic) bond motifs is 1. The number of rotatable bonds is 10. The van der Waals surface area contributed by atoms with E-state index in [0.717, 1.165) is 24.2 Å². The third-order valence-corrected chi connectivity index (χ3v) is 4.85. The average molecular weight is 381 g/mol. The van der Waals surface area contributed by atoms with Crippen molar-refractivity contribution < 1.29 is 9.53 Å². The molecule has 1 aliphatic carbocycles. The molecule has 0 saturated carbocycles. The van der Waals surface area contributed by atoms with Crippen LogP contribution in [0.5, 0.6) is 0 Å². The number of ether oxygens (including phenoxy) is 1. The number of esters is 1. The molecule has 1 aromatic carbocycles. The van der Waals surface area contributed by atoms with Gasteiger partial charge in [-0.3, -0.25) is 9.69 Å². The fourth-order valence-electron chi connectivity index (χ4n) is 3.61. The topological polar surface area (TPSA) is 55.6 Å². The van der Waals surface area contributed by atoms with Crippen LogP contribution in [0.3, 0.4) is 0 Å². The van der Waals surface area contributed by atoms with Crippen LogP contribution in [0.4, 0.5) is 0 Å². The Morgan fingerprint density at radius 3 is 2.43 bits per heavy atom. The van der Waals surface area contributed by atoms with Gasteiger partial charge in [0.15, 0.2) is 0 Å². The zero-order chi connectivity index (χ0) is 20.8. The standard InChI is InChI=1S/C24H32N2O2/c1-6-14-24(22(27)28-18-23(4,5)25)15-13-21(26(16-7-2)17-8-3)19-11-9-10-12-20(19)24/h6-13,15,21H,1-3,14,16-18,25H2,4-5H3/t21-,24+/m1/s1. The number of hydrogen-bond donors (Lipinski definition) is 1. The van der Waals surface area contributed by atoms with Crippen molar-refractivity contribution in [3.05, 3.63) is 85.5 Å². The quantitative estimate of drug-likeness (QED) is 0.491. The minimum atomic E-state index is -0.895. The molecule has 0 bridgehead atoms. The lowest BCUT2D eigenvalue weighted by molar-refractivity contribution is -0.150. The summed E-state index contributed by atoms with van der Waals surface area (Å²) in [4.78, 5) is 15.5. The smallest absolute Gasteiger partial charge is 0.320 e. The SMILES string of the molecule is C=CCN(CC=C)[C@@H]1C=C[C@](CC=C)(C(=O)OCC(C)(C)N)c2ccccc21. The molecular weight excluding hydrogens is 348 g/mol.